The van der Waals surface area contributed by atoms with Gasteiger partial charge in [-0.1, -0.05) is 43.7 Å². The third-order valence-corrected chi connectivity index (χ3v) is 4.76. The van der Waals surface area contributed by atoms with Crippen molar-refractivity contribution in [3.8, 4) is 22.8 Å². The van der Waals surface area contributed by atoms with Crippen LogP contribution in [0.25, 0.3) is 11.3 Å². The van der Waals surface area contributed by atoms with Crippen molar-refractivity contribution in [3.05, 3.63) is 66.5 Å². The summed E-state index contributed by atoms with van der Waals surface area (Å²) >= 11 is 0. The van der Waals surface area contributed by atoms with Crippen molar-refractivity contribution in [3.63, 3.8) is 0 Å². The Morgan fingerprint density at radius 2 is 1.90 bits per heavy atom. The van der Waals surface area contributed by atoms with Crippen LogP contribution in [-0.2, 0) is 0 Å². The quantitative estimate of drug-likeness (QED) is 0.442. The van der Waals surface area contributed by atoms with E-state index in [1.54, 1.807) is 19.5 Å². The Balaban J connectivity index is 1.80. The molecule has 0 radical (unpaired) electrons. The number of methoxy groups -OCH3 is 1. The summed E-state index contributed by atoms with van der Waals surface area (Å²) in [4.78, 5) is 9.15. The number of hydrogen-bond donors (Lipinski definition) is 2. The van der Waals surface area contributed by atoms with Crippen molar-refractivity contribution >= 4 is 5.82 Å². The summed E-state index contributed by atoms with van der Waals surface area (Å²) < 4.78 is 11.1. The molecule has 2 aromatic carbocycles. The molecule has 6 nitrogen and oxygen atoms in total. The molecule has 0 spiro atoms. The van der Waals surface area contributed by atoms with E-state index >= 15 is 0 Å². The number of benzene rings is 2. The minimum atomic E-state index is 0.0950. The lowest BCUT2D eigenvalue weighted by Gasteiger charge is -2.19. The van der Waals surface area contributed by atoms with Gasteiger partial charge in [0.2, 0.25) is 0 Å². The van der Waals surface area contributed by atoms with Crippen molar-refractivity contribution in [1.29, 1.82) is 0 Å². The van der Waals surface area contributed by atoms with Crippen LogP contribution >= 0.6 is 0 Å². The monoisotopic (exact) mass is 407 g/mol. The molecule has 0 amide bonds. The molecule has 0 saturated carbocycles. The zero-order valence-corrected chi connectivity index (χ0v) is 17.5. The summed E-state index contributed by atoms with van der Waals surface area (Å²) in [5.41, 5.74) is 2.88. The van der Waals surface area contributed by atoms with Gasteiger partial charge in [0.25, 0.3) is 0 Å². The van der Waals surface area contributed by atoms with E-state index in [4.69, 9.17) is 19.6 Å². The molecule has 6 heteroatoms. The van der Waals surface area contributed by atoms with Gasteiger partial charge in [0.05, 0.1) is 37.8 Å². The van der Waals surface area contributed by atoms with E-state index in [-0.39, 0.29) is 12.6 Å². The maximum absolute atomic E-state index is 8.93. The van der Waals surface area contributed by atoms with Crippen molar-refractivity contribution in [1.82, 2.24) is 9.97 Å². The average Bonchev–Trinajstić information content (AvgIpc) is 2.80. The molecule has 0 aliphatic carbocycles. The molecule has 0 aliphatic rings. The molecule has 1 atom stereocenters. The van der Waals surface area contributed by atoms with Crippen molar-refractivity contribution in [2.45, 2.75) is 32.2 Å². The molecular formula is C24H29N3O3. The summed E-state index contributed by atoms with van der Waals surface area (Å²) in [5.74, 6) is 2.00. The lowest BCUT2D eigenvalue weighted by Crippen LogP contribution is -2.12. The van der Waals surface area contributed by atoms with Crippen LogP contribution in [-0.4, -0.2) is 35.4 Å². The van der Waals surface area contributed by atoms with E-state index in [9.17, 15) is 0 Å². The van der Waals surface area contributed by atoms with Crippen LogP contribution in [0.2, 0.25) is 0 Å². The minimum absolute atomic E-state index is 0.0950. The zero-order chi connectivity index (χ0) is 21.2. The second-order valence-electron chi connectivity index (χ2n) is 6.98. The van der Waals surface area contributed by atoms with Crippen LogP contribution in [0, 0.1) is 0 Å². The normalized spacial score (nSPS) is 11.7. The van der Waals surface area contributed by atoms with Gasteiger partial charge in [0, 0.05) is 18.6 Å². The number of hydrogen-bond acceptors (Lipinski definition) is 6. The van der Waals surface area contributed by atoms with Gasteiger partial charge in [-0.15, -0.1) is 0 Å². The summed E-state index contributed by atoms with van der Waals surface area (Å²) in [6.07, 6.45) is 6.13. The van der Waals surface area contributed by atoms with Gasteiger partial charge in [0.1, 0.15) is 5.82 Å². The van der Waals surface area contributed by atoms with Crippen LogP contribution in [0.3, 0.4) is 0 Å². The number of aliphatic hydroxyl groups excluding tert-OH is 1. The summed E-state index contributed by atoms with van der Waals surface area (Å²) in [5, 5.41) is 12.5. The third-order valence-electron chi connectivity index (χ3n) is 4.76. The summed E-state index contributed by atoms with van der Waals surface area (Å²) in [6, 6.07) is 16.3. The maximum Gasteiger partial charge on any atom is 0.161 e. The number of anilines is 1. The fourth-order valence-corrected chi connectivity index (χ4v) is 3.24. The molecule has 0 bridgehead atoms. The van der Waals surface area contributed by atoms with Gasteiger partial charge < -0.3 is 19.9 Å². The third kappa shape index (κ3) is 5.70. The number of aliphatic hydroxyl groups is 1. The largest absolute Gasteiger partial charge is 0.493 e. The van der Waals surface area contributed by atoms with E-state index in [1.165, 1.54) is 5.56 Å². The Kier molecular flexibility index (Phi) is 8.03. The van der Waals surface area contributed by atoms with Gasteiger partial charge in [-0.2, -0.15) is 0 Å². The van der Waals surface area contributed by atoms with E-state index in [1.807, 2.05) is 24.3 Å². The Morgan fingerprint density at radius 3 is 2.63 bits per heavy atom. The van der Waals surface area contributed by atoms with Gasteiger partial charge >= 0.3 is 0 Å². The fourth-order valence-electron chi connectivity index (χ4n) is 3.24. The molecule has 0 saturated heterocycles. The van der Waals surface area contributed by atoms with Crippen LogP contribution in [0.4, 0.5) is 5.82 Å². The first-order valence-electron chi connectivity index (χ1n) is 10.3. The number of ether oxygens (including phenoxy) is 2. The smallest absolute Gasteiger partial charge is 0.161 e. The van der Waals surface area contributed by atoms with Gasteiger partial charge in [-0.3, -0.25) is 4.98 Å². The molecule has 3 aromatic rings. The highest BCUT2D eigenvalue weighted by Gasteiger charge is 2.13. The molecule has 158 valence electrons. The molecule has 1 heterocycles. The van der Waals surface area contributed by atoms with Crippen LogP contribution < -0.4 is 14.8 Å². The SMILES string of the molecule is CCCC(Nc1cncc(-c2ccc(OCCCO)c(OC)c2)n1)c1ccccc1. The van der Waals surface area contributed by atoms with Crippen molar-refractivity contribution in [2.24, 2.45) is 0 Å². The van der Waals surface area contributed by atoms with E-state index in [0.29, 0.717) is 24.5 Å². The lowest BCUT2D eigenvalue weighted by atomic mass is 10.0. The zero-order valence-electron chi connectivity index (χ0n) is 17.5. The first-order valence-corrected chi connectivity index (χ1v) is 10.3. The minimum Gasteiger partial charge on any atom is -0.493 e. The first-order chi connectivity index (χ1) is 14.7. The van der Waals surface area contributed by atoms with Crippen molar-refractivity contribution in [2.75, 3.05) is 25.6 Å². The Hall–Kier alpha value is -3.12. The number of rotatable bonds is 11. The second-order valence-corrected chi connectivity index (χ2v) is 6.98. The van der Waals surface area contributed by atoms with Gasteiger partial charge in [-0.25, -0.2) is 4.98 Å². The number of aromatic nitrogens is 2. The lowest BCUT2D eigenvalue weighted by molar-refractivity contribution is 0.228. The molecule has 2 N–H and O–H groups in total. The summed E-state index contributed by atoms with van der Waals surface area (Å²) in [7, 11) is 1.61. The van der Waals surface area contributed by atoms with E-state index < -0.39 is 0 Å². The molecular weight excluding hydrogens is 378 g/mol. The highest BCUT2D eigenvalue weighted by Crippen LogP contribution is 2.32. The van der Waals surface area contributed by atoms with E-state index in [0.717, 1.165) is 29.9 Å². The molecule has 1 unspecified atom stereocenters. The maximum atomic E-state index is 8.93. The Labute approximate surface area is 177 Å². The van der Waals surface area contributed by atoms with Crippen LogP contribution in [0.1, 0.15) is 37.8 Å². The molecule has 1 aromatic heterocycles. The number of nitrogens with zero attached hydrogens (tertiary/aromatic N) is 2. The highest BCUT2D eigenvalue weighted by molar-refractivity contribution is 5.64. The number of nitrogens with one attached hydrogen (secondary N) is 1. The van der Waals surface area contributed by atoms with Crippen molar-refractivity contribution < 1.29 is 14.6 Å². The predicted molar refractivity (Wildman–Crippen MR) is 119 cm³/mol. The molecule has 0 aliphatic heterocycles. The average molecular weight is 408 g/mol. The topological polar surface area (TPSA) is 76.5 Å². The Morgan fingerprint density at radius 1 is 1.07 bits per heavy atom. The second kappa shape index (κ2) is 11.2. The van der Waals surface area contributed by atoms with E-state index in [2.05, 4.69) is 41.5 Å². The Bertz CT molecular complexity index is 919. The predicted octanol–water partition coefficient (Wildman–Crippen LogP) is 4.87. The van der Waals surface area contributed by atoms with Crippen LogP contribution in [0.15, 0.2) is 60.9 Å². The molecule has 0 fully saturated rings. The fraction of sp³-hybridized carbons (Fsp3) is 0.333. The van der Waals surface area contributed by atoms with Crippen LogP contribution in [0.5, 0.6) is 11.5 Å². The van der Waals surface area contributed by atoms with Gasteiger partial charge in [0.15, 0.2) is 11.5 Å². The molecule has 30 heavy (non-hydrogen) atoms. The first kappa shape index (κ1) is 21.6. The highest BCUT2D eigenvalue weighted by atomic mass is 16.5. The standard InChI is InChI=1S/C24H29N3O3/c1-3-8-20(18-9-5-4-6-10-18)26-24-17-25-16-21(27-24)19-11-12-22(23(15-19)29-2)30-14-7-13-28/h4-6,9-12,15-17,20,28H,3,7-8,13-14H2,1-2H3,(H,26,27). The van der Waals surface area contributed by atoms with Gasteiger partial charge in [-0.05, 0) is 30.2 Å². The summed E-state index contributed by atoms with van der Waals surface area (Å²) in [6.45, 7) is 2.71. The molecule has 3 rings (SSSR count).